The van der Waals surface area contributed by atoms with Crippen molar-refractivity contribution in [2.45, 2.75) is 20.1 Å². The number of ketones is 1. The van der Waals surface area contributed by atoms with Gasteiger partial charge in [-0.3, -0.25) is 14.3 Å². The number of para-hydroxylation sites is 1. The topological polar surface area (TPSA) is 67.7 Å². The Balaban J connectivity index is 1.25. The summed E-state index contributed by atoms with van der Waals surface area (Å²) in [7, 11) is 0. The predicted octanol–water partition coefficient (Wildman–Crippen LogP) is 2.99. The van der Waals surface area contributed by atoms with Gasteiger partial charge in [0.15, 0.2) is 5.78 Å². The number of piperazine rings is 1. The minimum absolute atomic E-state index is 0.0666. The maximum absolute atomic E-state index is 13.0. The van der Waals surface area contributed by atoms with Crippen LogP contribution < -0.4 is 9.64 Å². The van der Waals surface area contributed by atoms with Crippen molar-refractivity contribution in [1.29, 1.82) is 0 Å². The summed E-state index contributed by atoms with van der Waals surface area (Å²) in [6.45, 7) is 5.12. The highest BCUT2D eigenvalue weighted by Crippen LogP contribution is 2.37. The second-order valence-electron chi connectivity index (χ2n) is 7.93. The third-order valence-electron chi connectivity index (χ3n) is 6.00. The van der Waals surface area contributed by atoms with Crippen LogP contribution in [-0.4, -0.2) is 52.5 Å². The molecule has 1 aromatic heterocycles. The summed E-state index contributed by atoms with van der Waals surface area (Å²) in [4.78, 5) is 28.6. The lowest BCUT2D eigenvalue weighted by atomic mass is 10.0. The van der Waals surface area contributed by atoms with E-state index in [0.717, 1.165) is 41.3 Å². The normalized spacial score (nSPS) is 15.1. The third-order valence-corrected chi connectivity index (χ3v) is 6.00. The lowest BCUT2D eigenvalue weighted by Crippen LogP contribution is -2.49. The fraction of sp³-hybridized carbons (Fsp3) is 0.292. The summed E-state index contributed by atoms with van der Waals surface area (Å²) in [6.07, 6.45) is 1.79. The van der Waals surface area contributed by atoms with Crippen LogP contribution in [0, 0.1) is 0 Å². The van der Waals surface area contributed by atoms with Crippen molar-refractivity contribution in [2.24, 2.45) is 0 Å². The summed E-state index contributed by atoms with van der Waals surface area (Å²) < 4.78 is 7.58. The summed E-state index contributed by atoms with van der Waals surface area (Å²) >= 11 is 0. The second-order valence-corrected chi connectivity index (χ2v) is 7.93. The fourth-order valence-electron chi connectivity index (χ4n) is 4.25. The average Bonchev–Trinajstić information content (AvgIpc) is 3.22. The molecule has 1 saturated heterocycles. The van der Waals surface area contributed by atoms with Crippen LogP contribution in [-0.2, 0) is 17.9 Å². The van der Waals surface area contributed by atoms with Gasteiger partial charge in [-0.1, -0.05) is 12.1 Å². The maximum atomic E-state index is 13.0. The molecule has 3 aromatic rings. The van der Waals surface area contributed by atoms with Crippen LogP contribution in [0.15, 0.2) is 54.7 Å². The summed E-state index contributed by atoms with van der Waals surface area (Å²) in [5.74, 6) is 0.965. The molecular weight excluding hydrogens is 392 g/mol. The van der Waals surface area contributed by atoms with E-state index in [1.807, 2.05) is 53.4 Å². The number of amides is 1. The molecule has 2 aromatic carbocycles. The number of carbonyl (C=O) groups excluding carboxylic acids is 2. The fourth-order valence-corrected chi connectivity index (χ4v) is 4.25. The molecule has 158 valence electrons. The van der Waals surface area contributed by atoms with Gasteiger partial charge in [-0.15, -0.1) is 0 Å². The predicted molar refractivity (Wildman–Crippen MR) is 117 cm³/mol. The van der Waals surface area contributed by atoms with Crippen LogP contribution in [0.5, 0.6) is 5.75 Å². The Morgan fingerprint density at radius 3 is 2.48 bits per heavy atom. The molecule has 31 heavy (non-hydrogen) atoms. The van der Waals surface area contributed by atoms with Crippen molar-refractivity contribution < 1.29 is 14.3 Å². The van der Waals surface area contributed by atoms with Gasteiger partial charge >= 0.3 is 0 Å². The highest BCUT2D eigenvalue weighted by molar-refractivity contribution is 5.94. The third kappa shape index (κ3) is 3.67. The number of aromatic nitrogens is 2. The van der Waals surface area contributed by atoms with Crippen LogP contribution in [0.1, 0.15) is 22.8 Å². The number of anilines is 1. The second kappa shape index (κ2) is 7.91. The number of ether oxygens (including phenoxy) is 1. The van der Waals surface area contributed by atoms with E-state index in [0.29, 0.717) is 25.3 Å². The molecule has 2 aliphatic heterocycles. The van der Waals surface area contributed by atoms with Gasteiger partial charge in [0.05, 0.1) is 11.9 Å². The van der Waals surface area contributed by atoms with E-state index in [2.05, 4.69) is 10.00 Å². The summed E-state index contributed by atoms with van der Waals surface area (Å²) in [5.41, 5.74) is 4.75. The molecule has 3 heterocycles. The number of fused-ring (bicyclic) bond motifs is 3. The molecule has 0 saturated carbocycles. The summed E-state index contributed by atoms with van der Waals surface area (Å²) in [5, 5.41) is 4.47. The summed E-state index contributed by atoms with van der Waals surface area (Å²) in [6, 6.07) is 15.5. The van der Waals surface area contributed by atoms with E-state index in [1.165, 1.54) is 0 Å². The monoisotopic (exact) mass is 416 g/mol. The molecule has 2 aliphatic rings. The SMILES string of the molecule is CC(=O)c1ccc(N2CCN(C(=O)Cn3ncc4c3-c3ccccc3OC4)CC2)cc1. The minimum Gasteiger partial charge on any atom is -0.488 e. The van der Waals surface area contributed by atoms with Gasteiger partial charge in [0.1, 0.15) is 18.9 Å². The van der Waals surface area contributed by atoms with Crippen molar-refractivity contribution in [3.63, 3.8) is 0 Å². The Morgan fingerprint density at radius 1 is 1.00 bits per heavy atom. The van der Waals surface area contributed by atoms with Crippen molar-refractivity contribution in [3.8, 4) is 17.0 Å². The highest BCUT2D eigenvalue weighted by atomic mass is 16.5. The van der Waals surface area contributed by atoms with Crippen LogP contribution in [0.3, 0.4) is 0 Å². The van der Waals surface area contributed by atoms with Crippen LogP contribution in [0.4, 0.5) is 5.69 Å². The number of nitrogens with zero attached hydrogens (tertiary/aromatic N) is 4. The number of carbonyl (C=O) groups is 2. The number of hydrogen-bond donors (Lipinski definition) is 0. The highest BCUT2D eigenvalue weighted by Gasteiger charge is 2.26. The van der Waals surface area contributed by atoms with E-state index in [4.69, 9.17) is 4.74 Å². The first kappa shape index (κ1) is 19.4. The molecule has 1 amide bonds. The van der Waals surface area contributed by atoms with E-state index in [9.17, 15) is 9.59 Å². The molecule has 7 nitrogen and oxygen atoms in total. The van der Waals surface area contributed by atoms with Gasteiger partial charge < -0.3 is 14.5 Å². The van der Waals surface area contributed by atoms with Gasteiger partial charge in [-0.05, 0) is 43.3 Å². The van der Waals surface area contributed by atoms with E-state index in [1.54, 1.807) is 17.8 Å². The molecule has 1 fully saturated rings. The van der Waals surface area contributed by atoms with Crippen LogP contribution >= 0.6 is 0 Å². The first-order valence-corrected chi connectivity index (χ1v) is 10.5. The smallest absolute Gasteiger partial charge is 0.244 e. The Labute approximate surface area is 180 Å². The first-order chi connectivity index (χ1) is 15.1. The molecule has 0 N–H and O–H groups in total. The number of rotatable bonds is 4. The van der Waals surface area contributed by atoms with Crippen LogP contribution in [0.25, 0.3) is 11.3 Å². The van der Waals surface area contributed by atoms with Gasteiger partial charge in [-0.2, -0.15) is 5.10 Å². The number of benzene rings is 2. The van der Waals surface area contributed by atoms with Crippen LogP contribution in [0.2, 0.25) is 0 Å². The van der Waals surface area contributed by atoms with Crippen molar-refractivity contribution in [1.82, 2.24) is 14.7 Å². The molecule has 0 unspecified atom stereocenters. The minimum atomic E-state index is 0.0666. The quantitative estimate of drug-likeness (QED) is 0.612. The molecule has 7 heteroatoms. The number of Topliss-reactive ketones (excluding diaryl/α,β-unsaturated/α-hetero) is 1. The maximum Gasteiger partial charge on any atom is 0.244 e. The Morgan fingerprint density at radius 2 is 1.74 bits per heavy atom. The molecule has 0 spiro atoms. The average molecular weight is 416 g/mol. The first-order valence-electron chi connectivity index (χ1n) is 10.5. The van der Waals surface area contributed by atoms with E-state index < -0.39 is 0 Å². The zero-order valence-corrected chi connectivity index (χ0v) is 17.5. The molecule has 0 bridgehead atoms. The molecule has 0 atom stereocenters. The lowest BCUT2D eigenvalue weighted by molar-refractivity contribution is -0.132. The standard InChI is InChI=1S/C24H24N4O3/c1-17(29)18-6-8-20(9-7-18)26-10-12-27(13-11-26)23(30)15-28-24-19(14-25-28)16-31-22-5-3-2-4-21(22)24/h2-9,14H,10-13,15-16H2,1H3. The molecule has 5 rings (SSSR count). The van der Waals surface area contributed by atoms with Gasteiger partial charge in [0, 0.05) is 48.6 Å². The zero-order valence-electron chi connectivity index (χ0n) is 17.5. The Hall–Kier alpha value is -3.61. The van der Waals surface area contributed by atoms with E-state index in [-0.39, 0.29) is 18.2 Å². The van der Waals surface area contributed by atoms with Gasteiger partial charge in [0.25, 0.3) is 0 Å². The molecule has 0 aliphatic carbocycles. The molecular formula is C24H24N4O3. The van der Waals surface area contributed by atoms with Crippen molar-refractivity contribution in [3.05, 3.63) is 65.9 Å². The molecule has 0 radical (unpaired) electrons. The van der Waals surface area contributed by atoms with Crippen molar-refractivity contribution in [2.75, 3.05) is 31.1 Å². The van der Waals surface area contributed by atoms with Gasteiger partial charge in [-0.25, -0.2) is 0 Å². The van der Waals surface area contributed by atoms with Gasteiger partial charge in [0.2, 0.25) is 5.91 Å². The Kier molecular flexibility index (Phi) is 4.94. The Bertz CT molecular complexity index is 1130. The lowest BCUT2D eigenvalue weighted by Gasteiger charge is -2.36. The number of hydrogen-bond acceptors (Lipinski definition) is 5. The van der Waals surface area contributed by atoms with E-state index >= 15 is 0 Å². The van der Waals surface area contributed by atoms with Crippen molar-refractivity contribution >= 4 is 17.4 Å². The largest absolute Gasteiger partial charge is 0.488 e. The zero-order chi connectivity index (χ0) is 21.4.